The third-order valence-corrected chi connectivity index (χ3v) is 19.2. The second kappa shape index (κ2) is 21.5. The Bertz CT molecular complexity index is 6210. The highest BCUT2D eigenvalue weighted by atomic mass is 15.2. The molecular weight excluding hydrogens is 1140 g/mol. The summed E-state index contributed by atoms with van der Waals surface area (Å²) < 4.78 is 9.49. The van der Waals surface area contributed by atoms with Gasteiger partial charge >= 0.3 is 0 Å². The molecule has 0 amide bonds. The second-order valence-electron chi connectivity index (χ2n) is 24.5. The lowest BCUT2D eigenvalue weighted by Crippen LogP contribution is -2.04. The minimum absolute atomic E-state index is 0.586. The van der Waals surface area contributed by atoms with Crippen molar-refractivity contribution < 1.29 is 0 Å². The average molecular weight is 1200 g/mol. The van der Waals surface area contributed by atoms with Crippen molar-refractivity contribution in [2.24, 2.45) is 0 Å². The normalized spacial score (nSPS) is 11.8. The molecule has 0 spiro atoms. The van der Waals surface area contributed by atoms with Crippen LogP contribution < -0.4 is 0 Å². The van der Waals surface area contributed by atoms with E-state index >= 15 is 0 Å². The molecule has 0 aliphatic heterocycles. The number of rotatable bonds is 10. The van der Waals surface area contributed by atoms with Crippen molar-refractivity contribution in [2.75, 3.05) is 0 Å². The topological polar surface area (TPSA) is 45.5 Å². The summed E-state index contributed by atoms with van der Waals surface area (Å²) in [5.74, 6) is 0.586. The molecule has 0 aliphatic rings. The van der Waals surface area contributed by atoms with Gasteiger partial charge in [0.1, 0.15) is 0 Å². The van der Waals surface area contributed by atoms with Crippen molar-refractivity contribution in [1.29, 1.82) is 0 Å². The Hall–Kier alpha value is -12.6. The number of para-hydroxylation sites is 6. The predicted octanol–water partition coefficient (Wildman–Crippen LogP) is 22.9. The van der Waals surface area contributed by atoms with E-state index in [-0.39, 0.29) is 0 Å². The van der Waals surface area contributed by atoms with Gasteiger partial charge in [-0.15, -0.1) is 0 Å². The highest BCUT2D eigenvalue weighted by Gasteiger charge is 2.22. The monoisotopic (exact) mass is 1200 g/mol. The van der Waals surface area contributed by atoms with Crippen molar-refractivity contribution in [2.45, 2.75) is 0 Å². The molecule has 0 bridgehead atoms. The van der Waals surface area contributed by atoms with Crippen molar-refractivity contribution >= 4 is 87.2 Å². The smallest absolute Gasteiger partial charge is 0.235 e. The van der Waals surface area contributed by atoms with Gasteiger partial charge in [-0.3, -0.25) is 4.57 Å². The van der Waals surface area contributed by atoms with Gasteiger partial charge in [-0.05, 0) is 142 Å². The van der Waals surface area contributed by atoms with Crippen molar-refractivity contribution in [3.8, 4) is 90.0 Å². The predicted molar refractivity (Wildman–Crippen MR) is 392 cm³/mol. The molecule has 0 N–H and O–H groups in total. The van der Waals surface area contributed by atoms with Crippen LogP contribution in [0.25, 0.3) is 177 Å². The van der Waals surface area contributed by atoms with Crippen LogP contribution in [0.1, 0.15) is 0 Å². The molecular formula is C88H56N6. The zero-order valence-corrected chi connectivity index (χ0v) is 51.0. The summed E-state index contributed by atoms with van der Waals surface area (Å²) in [7, 11) is 0. The number of aromatic nitrogens is 6. The minimum atomic E-state index is 0.586. The highest BCUT2D eigenvalue weighted by Crippen LogP contribution is 2.42. The van der Waals surface area contributed by atoms with Gasteiger partial charge in [0.15, 0.2) is 0 Å². The van der Waals surface area contributed by atoms with E-state index in [1.807, 2.05) is 0 Å². The zero-order valence-electron chi connectivity index (χ0n) is 51.0. The van der Waals surface area contributed by atoms with Crippen LogP contribution in [0.4, 0.5) is 0 Å². The first-order chi connectivity index (χ1) is 46.6. The maximum Gasteiger partial charge on any atom is 0.235 e. The first-order valence-electron chi connectivity index (χ1n) is 32.1. The van der Waals surface area contributed by atoms with Crippen LogP contribution in [0, 0.1) is 0 Å². The molecule has 0 saturated heterocycles. The number of fused-ring (bicyclic) bond motifs is 12. The van der Waals surface area contributed by atoms with Crippen LogP contribution in [0.2, 0.25) is 0 Å². The first kappa shape index (κ1) is 53.2. The summed E-state index contributed by atoms with van der Waals surface area (Å²) in [6, 6.07) is 123. The average Bonchev–Trinajstić information content (AvgIpc) is 1.60. The Morgan fingerprint density at radius 3 is 0.883 bits per heavy atom. The molecule has 0 radical (unpaired) electrons. The van der Waals surface area contributed by atoms with Crippen molar-refractivity contribution in [1.82, 2.24) is 28.2 Å². The van der Waals surface area contributed by atoms with Crippen LogP contribution in [0.15, 0.2) is 340 Å². The molecule has 0 atom stereocenters. The molecule has 6 heteroatoms. The molecule has 5 aromatic heterocycles. The lowest BCUT2D eigenvalue weighted by atomic mass is 9.98. The van der Waals surface area contributed by atoms with Gasteiger partial charge in [0, 0.05) is 71.3 Å². The Labute approximate surface area is 542 Å². The summed E-state index contributed by atoms with van der Waals surface area (Å²) in [4.78, 5) is 11.4. The highest BCUT2D eigenvalue weighted by molar-refractivity contribution is 6.14. The Balaban J connectivity index is 0.785. The Morgan fingerprint density at radius 1 is 0.160 bits per heavy atom. The van der Waals surface area contributed by atoms with Gasteiger partial charge in [0.05, 0.1) is 55.5 Å². The molecule has 6 nitrogen and oxygen atoms in total. The van der Waals surface area contributed by atoms with Crippen molar-refractivity contribution in [3.05, 3.63) is 340 Å². The molecule has 5 heterocycles. The number of hydrogen-bond acceptors (Lipinski definition) is 2. The molecule has 19 aromatic rings. The number of nitrogens with zero attached hydrogens (tertiary/aromatic N) is 6. The van der Waals surface area contributed by atoms with E-state index < -0.39 is 0 Å². The minimum Gasteiger partial charge on any atom is -0.309 e. The van der Waals surface area contributed by atoms with Gasteiger partial charge in [0.2, 0.25) is 5.95 Å². The van der Waals surface area contributed by atoms with E-state index in [1.54, 1.807) is 0 Å². The second-order valence-corrected chi connectivity index (χ2v) is 24.5. The molecule has 19 rings (SSSR count). The lowest BCUT2D eigenvalue weighted by Gasteiger charge is -2.14. The summed E-state index contributed by atoms with van der Waals surface area (Å²) in [5, 5.41) is 9.55. The van der Waals surface area contributed by atoms with Crippen LogP contribution in [-0.2, 0) is 0 Å². The molecule has 94 heavy (non-hydrogen) atoms. The third kappa shape index (κ3) is 8.65. The third-order valence-electron chi connectivity index (χ3n) is 19.2. The van der Waals surface area contributed by atoms with E-state index in [1.165, 1.54) is 60.0 Å². The quantitative estimate of drug-likeness (QED) is 0.137. The maximum absolute atomic E-state index is 5.71. The van der Waals surface area contributed by atoms with Gasteiger partial charge < -0.3 is 13.7 Å². The molecule has 0 aliphatic carbocycles. The number of hydrogen-bond donors (Lipinski definition) is 0. The van der Waals surface area contributed by atoms with E-state index in [9.17, 15) is 0 Å². The van der Waals surface area contributed by atoms with E-state index in [0.717, 1.165) is 111 Å². The largest absolute Gasteiger partial charge is 0.309 e. The molecule has 0 unspecified atom stereocenters. The SMILES string of the molecule is c1ccc(-c2ccc(-c3cccc(-c4cc(-c5cccc(-n6c7ccccc7c7ccc(-c8ccc9c%10ccccc%10n(-c%10ccccc%10)c9c8)cc76)c5)nc(-n5c6ccccc6c6ccc(-c7ccc8c9ccccc9n(-c9ccccc9)c8c7)cc65)n4)c3)cc2)cc1. The van der Waals surface area contributed by atoms with Crippen LogP contribution in [0.3, 0.4) is 0 Å². The van der Waals surface area contributed by atoms with Gasteiger partial charge in [-0.1, -0.05) is 243 Å². The first-order valence-corrected chi connectivity index (χ1v) is 32.1. The Morgan fingerprint density at radius 2 is 0.436 bits per heavy atom. The summed E-state index contributed by atoms with van der Waals surface area (Å²) in [6.45, 7) is 0. The fourth-order valence-electron chi connectivity index (χ4n) is 14.8. The lowest BCUT2D eigenvalue weighted by molar-refractivity contribution is 0.995. The van der Waals surface area contributed by atoms with Gasteiger partial charge in [-0.25, -0.2) is 9.97 Å². The van der Waals surface area contributed by atoms with Crippen LogP contribution in [0.5, 0.6) is 0 Å². The van der Waals surface area contributed by atoms with E-state index in [0.29, 0.717) is 5.95 Å². The van der Waals surface area contributed by atoms with Gasteiger partial charge in [-0.2, -0.15) is 0 Å². The fraction of sp³-hybridized carbons (Fsp3) is 0. The summed E-state index contributed by atoms with van der Waals surface area (Å²) >= 11 is 0. The Kier molecular flexibility index (Phi) is 12.2. The number of benzene rings is 14. The fourth-order valence-corrected chi connectivity index (χ4v) is 14.8. The molecule has 438 valence electrons. The maximum atomic E-state index is 5.71. The van der Waals surface area contributed by atoms with E-state index in [4.69, 9.17) is 9.97 Å². The summed E-state index contributed by atoms with van der Waals surface area (Å²) in [6.07, 6.45) is 0. The van der Waals surface area contributed by atoms with Crippen molar-refractivity contribution in [3.63, 3.8) is 0 Å². The van der Waals surface area contributed by atoms with Crippen LogP contribution in [-0.4, -0.2) is 28.2 Å². The zero-order chi connectivity index (χ0) is 61.8. The molecule has 0 fully saturated rings. The van der Waals surface area contributed by atoms with E-state index in [2.05, 4.69) is 358 Å². The molecule has 0 saturated carbocycles. The molecule has 14 aromatic carbocycles. The summed E-state index contributed by atoms with van der Waals surface area (Å²) in [5.41, 5.74) is 25.0. The van der Waals surface area contributed by atoms with Gasteiger partial charge in [0.25, 0.3) is 0 Å². The standard InChI is InChI=1S/C88H56N6/c1-4-20-57(21-5-1)58-38-40-59(41-39-58)60-22-18-23-65(50-60)78-56-79(90-88(89-78)94-83-37-17-13-33-73(83)77-49-45-64(55-87(77)94)62-43-47-75-71-31-11-15-35-81(71)92(85(75)53-62)68-27-8-3-9-28-68)66-24-19-29-69(51-66)93-82-36-16-12-32-72(82)76-48-44-63(54-86(76)93)61-42-46-74-70-30-10-14-34-80(70)91(84(74)52-61)67-25-6-2-7-26-67/h1-56H. The van der Waals surface area contributed by atoms with Crippen LogP contribution >= 0.6 is 0 Å².